The normalized spacial score (nSPS) is 11.1. The standard InChI is InChI=1S/C18H19NO4/c1-18(2,3)15-9-7-14(8-10-15)17(20)23-12-13-5-4-6-16(11-13)19(21)22/h4-11H,12H2,1-3H3. The maximum atomic E-state index is 12.0. The zero-order valence-electron chi connectivity index (χ0n) is 13.4. The van der Waals surface area contributed by atoms with Gasteiger partial charge in [-0.2, -0.15) is 0 Å². The van der Waals surface area contributed by atoms with E-state index >= 15 is 0 Å². The monoisotopic (exact) mass is 313 g/mol. The van der Waals surface area contributed by atoms with Gasteiger partial charge in [-0.15, -0.1) is 0 Å². The second kappa shape index (κ2) is 6.60. The lowest BCUT2D eigenvalue weighted by molar-refractivity contribution is -0.384. The Morgan fingerprint density at radius 1 is 1.13 bits per heavy atom. The van der Waals surface area contributed by atoms with Gasteiger partial charge in [-0.3, -0.25) is 10.1 Å². The van der Waals surface area contributed by atoms with Crippen LogP contribution in [0.2, 0.25) is 0 Å². The molecule has 0 spiro atoms. The van der Waals surface area contributed by atoms with Crippen molar-refractivity contribution < 1.29 is 14.5 Å². The van der Waals surface area contributed by atoms with Crippen LogP contribution in [0.1, 0.15) is 42.3 Å². The summed E-state index contributed by atoms with van der Waals surface area (Å²) in [6.45, 7) is 6.30. The zero-order chi connectivity index (χ0) is 17.0. The third-order valence-electron chi connectivity index (χ3n) is 3.48. The second-order valence-corrected chi connectivity index (χ2v) is 6.33. The first-order valence-electron chi connectivity index (χ1n) is 7.28. The number of carbonyl (C=O) groups excluding carboxylic acids is 1. The third kappa shape index (κ3) is 4.39. The van der Waals surface area contributed by atoms with E-state index in [1.807, 2.05) is 12.1 Å². The van der Waals surface area contributed by atoms with Crippen molar-refractivity contribution in [2.24, 2.45) is 0 Å². The molecule has 0 aliphatic carbocycles. The molecule has 5 heteroatoms. The Morgan fingerprint density at radius 3 is 2.35 bits per heavy atom. The molecule has 0 atom stereocenters. The number of nitrogens with zero attached hydrogens (tertiary/aromatic N) is 1. The van der Waals surface area contributed by atoms with Crippen molar-refractivity contribution in [1.82, 2.24) is 0 Å². The van der Waals surface area contributed by atoms with Crippen molar-refractivity contribution in [3.05, 3.63) is 75.3 Å². The summed E-state index contributed by atoms with van der Waals surface area (Å²) < 4.78 is 5.21. The highest BCUT2D eigenvalue weighted by atomic mass is 16.6. The number of non-ortho nitro benzene ring substituents is 1. The zero-order valence-corrected chi connectivity index (χ0v) is 13.4. The first kappa shape index (κ1) is 16.7. The van der Waals surface area contributed by atoms with E-state index in [0.717, 1.165) is 5.56 Å². The molecular weight excluding hydrogens is 294 g/mol. The molecule has 0 amide bonds. The Bertz CT molecular complexity index is 715. The highest BCUT2D eigenvalue weighted by Crippen LogP contribution is 2.22. The Morgan fingerprint density at radius 2 is 1.78 bits per heavy atom. The predicted octanol–water partition coefficient (Wildman–Crippen LogP) is 4.25. The van der Waals surface area contributed by atoms with Gasteiger partial charge in [-0.05, 0) is 28.7 Å². The topological polar surface area (TPSA) is 69.4 Å². The first-order chi connectivity index (χ1) is 10.8. The molecule has 2 aromatic carbocycles. The van der Waals surface area contributed by atoms with E-state index in [9.17, 15) is 14.9 Å². The molecule has 0 aromatic heterocycles. The lowest BCUT2D eigenvalue weighted by Gasteiger charge is -2.18. The number of nitro groups is 1. The van der Waals surface area contributed by atoms with Crippen LogP contribution in [0.25, 0.3) is 0 Å². The Balaban J connectivity index is 2.02. The lowest BCUT2D eigenvalue weighted by atomic mass is 9.87. The molecule has 0 fully saturated rings. The average molecular weight is 313 g/mol. The van der Waals surface area contributed by atoms with E-state index in [1.165, 1.54) is 12.1 Å². The van der Waals surface area contributed by atoms with E-state index in [-0.39, 0.29) is 17.7 Å². The summed E-state index contributed by atoms with van der Waals surface area (Å²) in [5, 5.41) is 10.7. The quantitative estimate of drug-likeness (QED) is 0.480. The number of esters is 1. The molecule has 0 bridgehead atoms. The van der Waals surface area contributed by atoms with E-state index in [1.54, 1.807) is 24.3 Å². The van der Waals surface area contributed by atoms with E-state index in [2.05, 4.69) is 20.8 Å². The number of benzene rings is 2. The van der Waals surface area contributed by atoms with Gasteiger partial charge in [0.25, 0.3) is 5.69 Å². The lowest BCUT2D eigenvalue weighted by Crippen LogP contribution is -2.12. The van der Waals surface area contributed by atoms with Crippen LogP contribution < -0.4 is 0 Å². The fourth-order valence-corrected chi connectivity index (χ4v) is 2.10. The summed E-state index contributed by atoms with van der Waals surface area (Å²) >= 11 is 0. The minimum Gasteiger partial charge on any atom is -0.457 e. The SMILES string of the molecule is CC(C)(C)c1ccc(C(=O)OCc2cccc([N+](=O)[O-])c2)cc1. The highest BCUT2D eigenvalue weighted by Gasteiger charge is 2.15. The third-order valence-corrected chi connectivity index (χ3v) is 3.48. The van der Waals surface area contributed by atoms with Crippen LogP contribution in [0.15, 0.2) is 48.5 Å². The number of carbonyl (C=O) groups is 1. The fourth-order valence-electron chi connectivity index (χ4n) is 2.10. The smallest absolute Gasteiger partial charge is 0.338 e. The molecule has 0 radical (unpaired) electrons. The van der Waals surface area contributed by atoms with Gasteiger partial charge in [0.05, 0.1) is 10.5 Å². The molecular formula is C18H19NO4. The summed E-state index contributed by atoms with van der Waals surface area (Å²) in [7, 11) is 0. The predicted molar refractivity (Wildman–Crippen MR) is 87.4 cm³/mol. The van der Waals surface area contributed by atoms with Crippen molar-refractivity contribution in [1.29, 1.82) is 0 Å². The molecule has 2 rings (SSSR count). The Hall–Kier alpha value is -2.69. The van der Waals surface area contributed by atoms with Crippen molar-refractivity contribution in [2.75, 3.05) is 0 Å². The van der Waals surface area contributed by atoms with Crippen LogP contribution in [-0.2, 0) is 16.8 Å². The van der Waals surface area contributed by atoms with Crippen molar-refractivity contribution in [3.63, 3.8) is 0 Å². The average Bonchev–Trinajstić information content (AvgIpc) is 2.52. The summed E-state index contributed by atoms with van der Waals surface area (Å²) in [4.78, 5) is 22.3. The van der Waals surface area contributed by atoms with Gasteiger partial charge < -0.3 is 4.74 Å². The summed E-state index contributed by atoms with van der Waals surface area (Å²) in [5.74, 6) is -0.447. The van der Waals surface area contributed by atoms with Gasteiger partial charge in [0.2, 0.25) is 0 Å². The van der Waals surface area contributed by atoms with E-state index in [4.69, 9.17) is 4.74 Å². The van der Waals surface area contributed by atoms with Gasteiger partial charge >= 0.3 is 5.97 Å². The van der Waals surface area contributed by atoms with Crippen molar-refractivity contribution in [3.8, 4) is 0 Å². The maximum absolute atomic E-state index is 12.0. The molecule has 0 N–H and O–H groups in total. The molecule has 0 aliphatic heterocycles. The fraction of sp³-hybridized carbons (Fsp3) is 0.278. The van der Waals surface area contributed by atoms with Gasteiger partial charge in [0, 0.05) is 12.1 Å². The molecule has 2 aromatic rings. The molecule has 0 heterocycles. The minimum atomic E-state index is -0.476. The number of hydrogen-bond donors (Lipinski definition) is 0. The Kier molecular flexibility index (Phi) is 4.79. The summed E-state index contributed by atoms with van der Waals surface area (Å²) in [6.07, 6.45) is 0. The van der Waals surface area contributed by atoms with Crippen LogP contribution in [-0.4, -0.2) is 10.9 Å². The number of nitro benzene ring substituents is 1. The number of rotatable bonds is 4. The first-order valence-corrected chi connectivity index (χ1v) is 7.28. The highest BCUT2D eigenvalue weighted by molar-refractivity contribution is 5.89. The van der Waals surface area contributed by atoms with Crippen molar-refractivity contribution >= 4 is 11.7 Å². The molecule has 23 heavy (non-hydrogen) atoms. The van der Waals surface area contributed by atoms with Gasteiger partial charge in [-0.1, -0.05) is 45.0 Å². The molecule has 120 valence electrons. The van der Waals surface area contributed by atoms with Gasteiger partial charge in [0.1, 0.15) is 6.61 Å². The largest absolute Gasteiger partial charge is 0.457 e. The van der Waals surface area contributed by atoms with Crippen LogP contribution in [0.5, 0.6) is 0 Å². The summed E-state index contributed by atoms with van der Waals surface area (Å²) in [5.41, 5.74) is 2.17. The minimum absolute atomic E-state index is 0.00152. The number of ether oxygens (including phenoxy) is 1. The molecule has 0 saturated carbocycles. The van der Waals surface area contributed by atoms with Crippen LogP contribution in [0.3, 0.4) is 0 Å². The van der Waals surface area contributed by atoms with Crippen LogP contribution in [0.4, 0.5) is 5.69 Å². The molecule has 0 saturated heterocycles. The molecule has 0 aliphatic rings. The van der Waals surface area contributed by atoms with Gasteiger partial charge in [0.15, 0.2) is 0 Å². The van der Waals surface area contributed by atoms with Crippen LogP contribution in [0, 0.1) is 10.1 Å². The number of hydrogen-bond acceptors (Lipinski definition) is 4. The molecule has 5 nitrogen and oxygen atoms in total. The maximum Gasteiger partial charge on any atom is 0.338 e. The van der Waals surface area contributed by atoms with Gasteiger partial charge in [-0.25, -0.2) is 4.79 Å². The van der Waals surface area contributed by atoms with E-state index < -0.39 is 10.9 Å². The van der Waals surface area contributed by atoms with E-state index in [0.29, 0.717) is 11.1 Å². The summed E-state index contributed by atoms with van der Waals surface area (Å²) in [6, 6.07) is 13.3. The van der Waals surface area contributed by atoms with Crippen molar-refractivity contribution in [2.45, 2.75) is 32.8 Å². The second-order valence-electron chi connectivity index (χ2n) is 6.33. The Labute approximate surface area is 135 Å². The van der Waals surface area contributed by atoms with Crippen LogP contribution >= 0.6 is 0 Å². The molecule has 0 unspecified atom stereocenters.